The minimum absolute atomic E-state index is 0.236. The molecule has 0 atom stereocenters. The van der Waals surface area contributed by atoms with Gasteiger partial charge < -0.3 is 10.5 Å². The molecule has 2 aromatic heterocycles. The van der Waals surface area contributed by atoms with E-state index in [1.165, 1.54) is 0 Å². The third-order valence-electron chi connectivity index (χ3n) is 3.39. The lowest BCUT2D eigenvalue weighted by Gasteiger charge is -2.08. The first-order chi connectivity index (χ1) is 10.7. The van der Waals surface area contributed by atoms with Gasteiger partial charge in [-0.15, -0.1) is 5.10 Å². The van der Waals surface area contributed by atoms with Crippen molar-refractivity contribution in [3.05, 3.63) is 59.5 Å². The number of methoxy groups -OCH3 is 1. The highest BCUT2D eigenvalue weighted by Crippen LogP contribution is 2.21. The summed E-state index contributed by atoms with van der Waals surface area (Å²) in [6.07, 6.45) is 2.31. The summed E-state index contributed by atoms with van der Waals surface area (Å²) in [7, 11) is 1.67. The van der Waals surface area contributed by atoms with Crippen molar-refractivity contribution in [2.24, 2.45) is 0 Å². The number of pyridine rings is 1. The lowest BCUT2D eigenvalue weighted by atomic mass is 10.1. The third-order valence-corrected chi connectivity index (χ3v) is 3.39. The van der Waals surface area contributed by atoms with Crippen LogP contribution in [0, 0.1) is 6.92 Å². The zero-order valence-corrected chi connectivity index (χ0v) is 12.5. The first-order valence-corrected chi connectivity index (χ1v) is 6.93. The Bertz CT molecular complexity index is 782. The van der Waals surface area contributed by atoms with Crippen molar-refractivity contribution < 1.29 is 4.74 Å². The lowest BCUT2D eigenvalue weighted by Crippen LogP contribution is -2.06. The van der Waals surface area contributed by atoms with Crippen LogP contribution < -0.4 is 10.5 Å². The van der Waals surface area contributed by atoms with E-state index in [-0.39, 0.29) is 5.95 Å². The average Bonchev–Trinajstić information content (AvgIpc) is 2.90. The molecule has 0 aliphatic rings. The summed E-state index contributed by atoms with van der Waals surface area (Å²) in [4.78, 5) is 8.60. The van der Waals surface area contributed by atoms with Gasteiger partial charge in [0.15, 0.2) is 5.82 Å². The molecule has 0 unspecified atom stereocenters. The van der Waals surface area contributed by atoms with Crippen molar-refractivity contribution >= 4 is 5.95 Å². The lowest BCUT2D eigenvalue weighted by molar-refractivity contribution is 0.411. The molecule has 112 valence electrons. The molecule has 0 saturated heterocycles. The van der Waals surface area contributed by atoms with E-state index in [1.54, 1.807) is 18.0 Å². The zero-order valence-electron chi connectivity index (χ0n) is 12.5. The molecule has 6 heteroatoms. The number of nitrogen functional groups attached to an aromatic ring is 1. The first kappa shape index (κ1) is 14.1. The number of benzene rings is 1. The van der Waals surface area contributed by atoms with Crippen LogP contribution in [0.5, 0.6) is 5.75 Å². The van der Waals surface area contributed by atoms with Gasteiger partial charge in [-0.05, 0) is 36.2 Å². The number of nitrogens with two attached hydrogens (primary N) is 1. The Morgan fingerprint density at radius 3 is 2.82 bits per heavy atom. The second-order valence-electron chi connectivity index (χ2n) is 4.97. The molecule has 0 radical (unpaired) electrons. The van der Waals surface area contributed by atoms with E-state index in [1.807, 2.05) is 43.3 Å². The monoisotopic (exact) mass is 295 g/mol. The molecular formula is C16H17N5O. The highest BCUT2D eigenvalue weighted by molar-refractivity contribution is 5.38. The predicted molar refractivity (Wildman–Crippen MR) is 84.1 cm³/mol. The van der Waals surface area contributed by atoms with Gasteiger partial charge in [0.2, 0.25) is 5.95 Å². The number of aromatic nitrogens is 4. The summed E-state index contributed by atoms with van der Waals surface area (Å²) in [6.45, 7) is 2.01. The maximum Gasteiger partial charge on any atom is 0.240 e. The highest BCUT2D eigenvalue weighted by Gasteiger charge is 2.12. The second kappa shape index (κ2) is 5.85. The molecule has 3 rings (SSSR count). The van der Waals surface area contributed by atoms with Crippen molar-refractivity contribution in [3.8, 4) is 11.6 Å². The van der Waals surface area contributed by atoms with Crippen LogP contribution in [0.25, 0.3) is 5.82 Å². The van der Waals surface area contributed by atoms with Gasteiger partial charge >= 0.3 is 0 Å². The number of hydrogen-bond acceptors (Lipinski definition) is 5. The number of rotatable bonds is 4. The molecule has 0 bridgehead atoms. The fourth-order valence-corrected chi connectivity index (χ4v) is 2.30. The predicted octanol–water partition coefficient (Wildman–Crippen LogP) is 2.15. The van der Waals surface area contributed by atoms with Crippen molar-refractivity contribution in [3.63, 3.8) is 0 Å². The van der Waals surface area contributed by atoms with Crippen LogP contribution >= 0.6 is 0 Å². The van der Waals surface area contributed by atoms with Crippen LogP contribution in [0.1, 0.15) is 17.0 Å². The molecule has 1 aromatic carbocycles. The smallest absolute Gasteiger partial charge is 0.240 e. The van der Waals surface area contributed by atoms with Gasteiger partial charge in [0.05, 0.1) is 7.11 Å². The SMILES string of the molecule is COc1cc(Cc2nc(N)nn2-c2ccccn2)ccc1C. The Balaban J connectivity index is 1.96. The van der Waals surface area contributed by atoms with Crippen LogP contribution in [0.2, 0.25) is 0 Å². The zero-order chi connectivity index (χ0) is 15.5. The molecule has 0 amide bonds. The second-order valence-corrected chi connectivity index (χ2v) is 4.97. The molecule has 2 N–H and O–H groups in total. The van der Waals surface area contributed by atoms with Crippen LogP contribution in [0.3, 0.4) is 0 Å². The minimum atomic E-state index is 0.236. The van der Waals surface area contributed by atoms with Crippen LogP contribution in [-0.4, -0.2) is 26.9 Å². The van der Waals surface area contributed by atoms with Crippen molar-refractivity contribution in [1.82, 2.24) is 19.7 Å². The summed E-state index contributed by atoms with van der Waals surface area (Å²) in [5.74, 6) is 2.52. The summed E-state index contributed by atoms with van der Waals surface area (Å²) in [5, 5.41) is 4.23. The number of nitrogens with zero attached hydrogens (tertiary/aromatic N) is 4. The molecule has 22 heavy (non-hydrogen) atoms. The van der Waals surface area contributed by atoms with E-state index in [9.17, 15) is 0 Å². The molecule has 0 fully saturated rings. The standard InChI is InChI=1S/C16H17N5O/c1-11-6-7-12(9-13(11)22-2)10-15-19-16(17)20-21(15)14-5-3-4-8-18-14/h3-9H,10H2,1-2H3,(H2,17,20). The maximum atomic E-state index is 5.76. The van der Waals surface area contributed by atoms with Gasteiger partial charge in [-0.25, -0.2) is 4.98 Å². The van der Waals surface area contributed by atoms with E-state index in [0.29, 0.717) is 12.2 Å². The molecule has 6 nitrogen and oxygen atoms in total. The van der Waals surface area contributed by atoms with Gasteiger partial charge in [-0.1, -0.05) is 18.2 Å². The summed E-state index contributed by atoms with van der Waals surface area (Å²) in [6, 6.07) is 11.7. The van der Waals surface area contributed by atoms with Gasteiger partial charge in [-0.3, -0.25) is 0 Å². The van der Waals surface area contributed by atoms with Gasteiger partial charge in [0.25, 0.3) is 0 Å². The van der Waals surface area contributed by atoms with Crippen molar-refractivity contribution in [2.75, 3.05) is 12.8 Å². The first-order valence-electron chi connectivity index (χ1n) is 6.93. The third kappa shape index (κ3) is 2.76. The van der Waals surface area contributed by atoms with E-state index in [0.717, 1.165) is 22.7 Å². The van der Waals surface area contributed by atoms with Crippen molar-refractivity contribution in [1.29, 1.82) is 0 Å². The molecule has 0 saturated carbocycles. The summed E-state index contributed by atoms with van der Waals surface area (Å²) < 4.78 is 7.03. The van der Waals surface area contributed by atoms with E-state index in [2.05, 4.69) is 15.1 Å². The maximum absolute atomic E-state index is 5.76. The fourth-order valence-electron chi connectivity index (χ4n) is 2.30. The number of ether oxygens (including phenoxy) is 1. The topological polar surface area (TPSA) is 78.9 Å². The van der Waals surface area contributed by atoms with E-state index >= 15 is 0 Å². The normalized spacial score (nSPS) is 10.6. The Kier molecular flexibility index (Phi) is 3.74. The molecule has 0 aliphatic carbocycles. The molecule has 3 aromatic rings. The quantitative estimate of drug-likeness (QED) is 0.798. The molecule has 0 aliphatic heterocycles. The fraction of sp³-hybridized carbons (Fsp3) is 0.188. The molecular weight excluding hydrogens is 278 g/mol. The number of hydrogen-bond donors (Lipinski definition) is 1. The Morgan fingerprint density at radius 2 is 2.09 bits per heavy atom. The van der Waals surface area contributed by atoms with Gasteiger partial charge in [0.1, 0.15) is 11.6 Å². The highest BCUT2D eigenvalue weighted by atomic mass is 16.5. The minimum Gasteiger partial charge on any atom is -0.496 e. The molecule has 2 heterocycles. The molecule has 0 spiro atoms. The Morgan fingerprint density at radius 1 is 1.23 bits per heavy atom. The summed E-state index contributed by atoms with van der Waals surface area (Å²) >= 11 is 0. The summed E-state index contributed by atoms with van der Waals surface area (Å²) in [5.41, 5.74) is 7.93. The van der Waals surface area contributed by atoms with Crippen LogP contribution in [0.4, 0.5) is 5.95 Å². The van der Waals surface area contributed by atoms with E-state index in [4.69, 9.17) is 10.5 Å². The average molecular weight is 295 g/mol. The number of aryl methyl sites for hydroxylation is 1. The number of anilines is 1. The Hall–Kier alpha value is -2.89. The Labute approximate surface area is 128 Å². The van der Waals surface area contributed by atoms with Crippen LogP contribution in [-0.2, 0) is 6.42 Å². The van der Waals surface area contributed by atoms with Crippen LogP contribution in [0.15, 0.2) is 42.6 Å². The van der Waals surface area contributed by atoms with E-state index < -0.39 is 0 Å². The van der Waals surface area contributed by atoms with Gasteiger partial charge in [-0.2, -0.15) is 9.67 Å². The largest absolute Gasteiger partial charge is 0.496 e. The van der Waals surface area contributed by atoms with Gasteiger partial charge in [0, 0.05) is 12.6 Å². The van der Waals surface area contributed by atoms with Crippen molar-refractivity contribution in [2.45, 2.75) is 13.3 Å².